The molecule has 0 radical (unpaired) electrons. The molecule has 2 N–H and O–H groups in total. The van der Waals surface area contributed by atoms with E-state index in [2.05, 4.69) is 10.1 Å². The van der Waals surface area contributed by atoms with E-state index in [-0.39, 0.29) is 0 Å². The summed E-state index contributed by atoms with van der Waals surface area (Å²) >= 11 is 0. The Labute approximate surface area is 93.3 Å². The van der Waals surface area contributed by atoms with Crippen LogP contribution >= 0.6 is 0 Å². The molecule has 0 bridgehead atoms. The van der Waals surface area contributed by atoms with E-state index in [1.807, 2.05) is 13.0 Å². The number of aryl methyl sites for hydroxylation is 1. The molecular weight excluding hydrogens is 210 g/mol. The van der Waals surface area contributed by atoms with E-state index in [0.717, 1.165) is 18.0 Å². The lowest BCUT2D eigenvalue weighted by molar-refractivity contribution is -0.135. The summed E-state index contributed by atoms with van der Waals surface area (Å²) in [6, 6.07) is 1.88. The maximum absolute atomic E-state index is 11.0. The van der Waals surface area contributed by atoms with Gasteiger partial charge >= 0.3 is 0 Å². The summed E-state index contributed by atoms with van der Waals surface area (Å²) in [6.07, 6.45) is -0.516. The van der Waals surface area contributed by atoms with Gasteiger partial charge in [0.05, 0.1) is 18.8 Å². The van der Waals surface area contributed by atoms with E-state index in [9.17, 15) is 4.79 Å². The predicted octanol–water partition coefficient (Wildman–Crippen LogP) is -0.331. The molecule has 6 heteroatoms. The van der Waals surface area contributed by atoms with E-state index in [4.69, 9.17) is 15.0 Å². The third-order valence-corrected chi connectivity index (χ3v) is 2.52. The van der Waals surface area contributed by atoms with Gasteiger partial charge in [-0.2, -0.15) is 0 Å². The first kappa shape index (κ1) is 11.1. The minimum absolute atomic E-state index is 0.418. The third-order valence-electron chi connectivity index (χ3n) is 2.52. The summed E-state index contributed by atoms with van der Waals surface area (Å²) in [4.78, 5) is 13.1. The maximum Gasteiger partial charge on any atom is 0.247 e. The van der Waals surface area contributed by atoms with Crippen LogP contribution < -0.4 is 5.73 Å². The van der Waals surface area contributed by atoms with Gasteiger partial charge in [-0.25, -0.2) is 0 Å². The summed E-state index contributed by atoms with van der Waals surface area (Å²) < 4.78 is 10.4. The molecule has 2 heterocycles. The van der Waals surface area contributed by atoms with Crippen LogP contribution in [0.1, 0.15) is 11.5 Å². The number of ether oxygens (including phenoxy) is 1. The highest BCUT2D eigenvalue weighted by atomic mass is 16.5. The van der Waals surface area contributed by atoms with E-state index in [0.29, 0.717) is 19.7 Å². The summed E-state index contributed by atoms with van der Waals surface area (Å²) in [7, 11) is 0. The molecule has 1 amide bonds. The highest BCUT2D eigenvalue weighted by Crippen LogP contribution is 2.11. The highest BCUT2D eigenvalue weighted by molar-refractivity contribution is 5.79. The van der Waals surface area contributed by atoms with E-state index in [1.54, 1.807) is 0 Å². The van der Waals surface area contributed by atoms with Crippen molar-refractivity contribution in [1.82, 2.24) is 10.1 Å². The van der Waals surface area contributed by atoms with Crippen LogP contribution in [0, 0.1) is 6.92 Å². The monoisotopic (exact) mass is 225 g/mol. The molecule has 0 aromatic carbocycles. The molecule has 1 aliphatic heterocycles. The average molecular weight is 225 g/mol. The first-order valence-corrected chi connectivity index (χ1v) is 5.20. The zero-order valence-corrected chi connectivity index (χ0v) is 9.18. The lowest BCUT2D eigenvalue weighted by Gasteiger charge is -2.30. The second-order valence-corrected chi connectivity index (χ2v) is 3.93. The minimum atomic E-state index is -0.516. The van der Waals surface area contributed by atoms with Crippen molar-refractivity contribution in [2.75, 3.05) is 19.7 Å². The van der Waals surface area contributed by atoms with Gasteiger partial charge in [-0.05, 0) is 6.92 Å². The molecule has 88 valence electrons. The number of hydrogen-bond acceptors (Lipinski definition) is 5. The Balaban J connectivity index is 1.92. The largest absolute Gasteiger partial charge is 0.367 e. The Kier molecular flexibility index (Phi) is 3.21. The summed E-state index contributed by atoms with van der Waals surface area (Å²) in [5, 5.41) is 3.81. The molecule has 1 aliphatic rings. The van der Waals surface area contributed by atoms with Crippen molar-refractivity contribution in [3.05, 3.63) is 17.5 Å². The van der Waals surface area contributed by atoms with Gasteiger partial charge in [-0.3, -0.25) is 9.69 Å². The van der Waals surface area contributed by atoms with Crippen LogP contribution in [0.15, 0.2) is 10.6 Å². The van der Waals surface area contributed by atoms with Crippen molar-refractivity contribution >= 4 is 5.91 Å². The van der Waals surface area contributed by atoms with Crippen molar-refractivity contribution in [2.45, 2.75) is 19.6 Å². The molecule has 16 heavy (non-hydrogen) atoms. The smallest absolute Gasteiger partial charge is 0.247 e. The van der Waals surface area contributed by atoms with Crippen LogP contribution in [0.4, 0.5) is 0 Å². The number of aromatic nitrogens is 1. The van der Waals surface area contributed by atoms with Crippen LogP contribution in [0.5, 0.6) is 0 Å². The summed E-state index contributed by atoms with van der Waals surface area (Å²) in [5.74, 6) is 0.376. The Morgan fingerprint density at radius 3 is 3.19 bits per heavy atom. The number of primary amides is 1. The number of carbonyl (C=O) groups excluding carboxylic acids is 1. The molecule has 0 spiro atoms. The van der Waals surface area contributed by atoms with Gasteiger partial charge < -0.3 is 15.0 Å². The highest BCUT2D eigenvalue weighted by Gasteiger charge is 2.25. The lowest BCUT2D eigenvalue weighted by Crippen LogP contribution is -2.47. The van der Waals surface area contributed by atoms with Gasteiger partial charge in [0.1, 0.15) is 6.10 Å². The SMILES string of the molecule is Cc1cc(CN2CCOC(C(N)=O)C2)on1. The lowest BCUT2D eigenvalue weighted by atomic mass is 10.2. The molecule has 1 fully saturated rings. The number of nitrogens with two attached hydrogens (primary N) is 1. The Hall–Kier alpha value is -1.40. The van der Waals surface area contributed by atoms with Crippen LogP contribution in [0.25, 0.3) is 0 Å². The first-order chi connectivity index (χ1) is 7.65. The molecule has 6 nitrogen and oxygen atoms in total. The van der Waals surface area contributed by atoms with Gasteiger partial charge in [0.2, 0.25) is 5.91 Å². The number of hydrogen-bond donors (Lipinski definition) is 1. The standard InChI is InChI=1S/C10H15N3O3/c1-7-4-8(16-12-7)5-13-2-3-15-9(6-13)10(11)14/h4,9H,2-3,5-6H2,1H3,(H2,11,14). The summed E-state index contributed by atoms with van der Waals surface area (Å²) in [5.41, 5.74) is 6.06. The number of nitrogens with zero attached hydrogens (tertiary/aromatic N) is 2. The molecule has 0 saturated carbocycles. The second kappa shape index (κ2) is 4.63. The van der Waals surface area contributed by atoms with Gasteiger partial charge in [-0.1, -0.05) is 5.16 Å². The topological polar surface area (TPSA) is 81.6 Å². The fourth-order valence-corrected chi connectivity index (χ4v) is 1.73. The summed E-state index contributed by atoms with van der Waals surface area (Å²) in [6.45, 7) is 4.30. The molecular formula is C10H15N3O3. The number of carbonyl (C=O) groups is 1. The minimum Gasteiger partial charge on any atom is -0.367 e. The van der Waals surface area contributed by atoms with Crippen LogP contribution in [0.2, 0.25) is 0 Å². The second-order valence-electron chi connectivity index (χ2n) is 3.93. The Bertz CT molecular complexity index is 377. The van der Waals surface area contributed by atoms with Crippen molar-refractivity contribution in [3.63, 3.8) is 0 Å². The Morgan fingerprint density at radius 2 is 2.56 bits per heavy atom. The first-order valence-electron chi connectivity index (χ1n) is 5.20. The average Bonchev–Trinajstić information content (AvgIpc) is 2.64. The van der Waals surface area contributed by atoms with Crippen LogP contribution in [-0.4, -0.2) is 41.8 Å². The molecule has 1 aromatic rings. The van der Waals surface area contributed by atoms with Crippen molar-refractivity contribution in [1.29, 1.82) is 0 Å². The molecule has 1 saturated heterocycles. The van der Waals surface area contributed by atoms with Gasteiger partial charge in [0.25, 0.3) is 0 Å². The van der Waals surface area contributed by atoms with Crippen molar-refractivity contribution in [2.24, 2.45) is 5.73 Å². The van der Waals surface area contributed by atoms with Crippen LogP contribution in [0.3, 0.4) is 0 Å². The fourth-order valence-electron chi connectivity index (χ4n) is 1.73. The zero-order chi connectivity index (χ0) is 11.5. The quantitative estimate of drug-likeness (QED) is 0.761. The van der Waals surface area contributed by atoms with E-state index in [1.165, 1.54) is 0 Å². The van der Waals surface area contributed by atoms with Crippen molar-refractivity contribution in [3.8, 4) is 0 Å². The molecule has 1 unspecified atom stereocenters. The zero-order valence-electron chi connectivity index (χ0n) is 9.18. The maximum atomic E-state index is 11.0. The van der Waals surface area contributed by atoms with Crippen molar-refractivity contribution < 1.29 is 14.1 Å². The fraction of sp³-hybridized carbons (Fsp3) is 0.600. The van der Waals surface area contributed by atoms with Gasteiger partial charge in [-0.15, -0.1) is 0 Å². The predicted molar refractivity (Wildman–Crippen MR) is 55.5 cm³/mol. The van der Waals surface area contributed by atoms with E-state index < -0.39 is 12.0 Å². The molecule has 1 aromatic heterocycles. The molecule has 0 aliphatic carbocycles. The number of rotatable bonds is 3. The van der Waals surface area contributed by atoms with Gasteiger partial charge in [0, 0.05) is 19.2 Å². The van der Waals surface area contributed by atoms with Gasteiger partial charge in [0.15, 0.2) is 5.76 Å². The number of amides is 1. The molecule has 1 atom stereocenters. The molecule has 2 rings (SSSR count). The van der Waals surface area contributed by atoms with E-state index >= 15 is 0 Å². The third kappa shape index (κ3) is 2.59. The normalized spacial score (nSPS) is 22.2. The Morgan fingerprint density at radius 1 is 1.75 bits per heavy atom. The number of morpholine rings is 1. The van der Waals surface area contributed by atoms with Crippen LogP contribution in [-0.2, 0) is 16.1 Å².